The van der Waals surface area contributed by atoms with E-state index in [0.29, 0.717) is 53.4 Å². The van der Waals surface area contributed by atoms with Crippen molar-refractivity contribution in [3.8, 4) is 28.4 Å². The Morgan fingerprint density at radius 1 is 1.14 bits per heavy atom. The maximum Gasteiger partial charge on any atom is 0.326 e. The Morgan fingerprint density at radius 3 is 2.44 bits per heavy atom. The van der Waals surface area contributed by atoms with Gasteiger partial charge in [0.05, 0.1) is 33.1 Å². The van der Waals surface area contributed by atoms with Crippen LogP contribution in [0.5, 0.6) is 17.2 Å². The first-order valence-electron chi connectivity index (χ1n) is 11.5. The van der Waals surface area contributed by atoms with Crippen LogP contribution in [0.4, 0.5) is 5.69 Å². The van der Waals surface area contributed by atoms with Gasteiger partial charge >= 0.3 is 5.97 Å². The van der Waals surface area contributed by atoms with Gasteiger partial charge in [0.25, 0.3) is 0 Å². The zero-order valence-electron chi connectivity index (χ0n) is 21.1. The largest absolute Gasteiger partial charge is 0.493 e. The average molecular weight is 517 g/mol. The van der Waals surface area contributed by atoms with Gasteiger partial charge in [-0.1, -0.05) is 6.07 Å². The summed E-state index contributed by atoms with van der Waals surface area (Å²) in [4.78, 5) is 37.1. The van der Waals surface area contributed by atoms with Gasteiger partial charge in [0.15, 0.2) is 11.5 Å². The Hall–Kier alpha value is -3.40. The highest BCUT2D eigenvalue weighted by molar-refractivity contribution is 7.98. The maximum atomic E-state index is 13.3. The highest BCUT2D eigenvalue weighted by Gasteiger charge is 2.29. The highest BCUT2D eigenvalue weighted by Crippen LogP contribution is 2.50. The van der Waals surface area contributed by atoms with Crippen LogP contribution >= 0.6 is 11.8 Å². The topological polar surface area (TPSA) is 123 Å². The molecule has 0 aliphatic heterocycles. The second-order valence-corrected chi connectivity index (χ2v) is 9.40. The van der Waals surface area contributed by atoms with E-state index in [1.54, 1.807) is 19.2 Å². The third-order valence-electron chi connectivity index (χ3n) is 6.15. The Balaban J connectivity index is 2.28. The van der Waals surface area contributed by atoms with Crippen LogP contribution in [-0.4, -0.2) is 56.4 Å². The van der Waals surface area contributed by atoms with Crippen molar-refractivity contribution in [3.63, 3.8) is 0 Å². The van der Waals surface area contributed by atoms with Gasteiger partial charge in [0.1, 0.15) is 6.04 Å². The summed E-state index contributed by atoms with van der Waals surface area (Å²) < 4.78 is 16.9. The number of methoxy groups -OCH3 is 3. The van der Waals surface area contributed by atoms with E-state index in [1.807, 2.05) is 12.3 Å². The van der Waals surface area contributed by atoms with E-state index in [-0.39, 0.29) is 17.0 Å². The number of carboxylic acids is 1. The normalized spacial score (nSPS) is 15.0. The molecule has 0 heterocycles. The molecule has 1 aliphatic rings. The van der Waals surface area contributed by atoms with Gasteiger partial charge in [-0.3, -0.25) is 9.59 Å². The zero-order valence-corrected chi connectivity index (χ0v) is 21.9. The Morgan fingerprint density at radius 2 is 1.86 bits per heavy atom. The molecule has 2 atom stereocenters. The Bertz CT molecular complexity index is 1200. The van der Waals surface area contributed by atoms with Crippen molar-refractivity contribution in [1.29, 1.82) is 0 Å². The Labute approximate surface area is 214 Å². The van der Waals surface area contributed by atoms with Gasteiger partial charge in [0.2, 0.25) is 17.1 Å². The molecule has 1 amide bonds. The molecule has 0 bridgehead atoms. The Kier molecular flexibility index (Phi) is 9.08. The summed E-state index contributed by atoms with van der Waals surface area (Å²) in [5.41, 5.74) is 2.74. The van der Waals surface area contributed by atoms with Crippen molar-refractivity contribution in [2.45, 2.75) is 38.3 Å². The van der Waals surface area contributed by atoms with E-state index in [1.165, 1.54) is 39.0 Å². The van der Waals surface area contributed by atoms with Crippen molar-refractivity contribution in [1.82, 2.24) is 5.32 Å². The predicted octanol–water partition coefficient (Wildman–Crippen LogP) is 3.48. The molecule has 0 radical (unpaired) electrons. The number of thioether (sulfide) groups is 1. The molecule has 9 nitrogen and oxygen atoms in total. The number of hydrogen-bond donors (Lipinski definition) is 3. The highest BCUT2D eigenvalue weighted by atomic mass is 32.2. The van der Waals surface area contributed by atoms with Crippen LogP contribution in [0.3, 0.4) is 0 Å². The molecular formula is C26H32N2O7S. The molecule has 1 aliphatic carbocycles. The number of rotatable bonds is 10. The molecule has 36 heavy (non-hydrogen) atoms. The van der Waals surface area contributed by atoms with Crippen LogP contribution in [0.25, 0.3) is 11.1 Å². The fourth-order valence-corrected chi connectivity index (χ4v) is 4.98. The first kappa shape index (κ1) is 27.2. The molecule has 3 rings (SSSR count). The number of nitrogens with one attached hydrogen (secondary N) is 2. The number of aliphatic carboxylic acids is 1. The fraction of sp³-hybridized carbons (Fsp3) is 0.423. The summed E-state index contributed by atoms with van der Waals surface area (Å²) in [6, 6.07) is 5.35. The third kappa shape index (κ3) is 5.70. The first-order valence-corrected chi connectivity index (χ1v) is 12.9. The minimum Gasteiger partial charge on any atom is -0.493 e. The van der Waals surface area contributed by atoms with E-state index in [9.17, 15) is 19.5 Å². The molecule has 10 heteroatoms. The first-order chi connectivity index (χ1) is 17.2. The summed E-state index contributed by atoms with van der Waals surface area (Å²) in [6.07, 6.45) is 3.38. The lowest BCUT2D eigenvalue weighted by atomic mass is 9.95. The molecule has 0 saturated heterocycles. The lowest BCUT2D eigenvalue weighted by Crippen LogP contribution is -2.31. The van der Waals surface area contributed by atoms with Gasteiger partial charge in [0, 0.05) is 12.5 Å². The van der Waals surface area contributed by atoms with E-state index >= 15 is 0 Å². The molecule has 0 fully saturated rings. The van der Waals surface area contributed by atoms with Crippen LogP contribution in [0.15, 0.2) is 29.1 Å². The van der Waals surface area contributed by atoms with E-state index in [4.69, 9.17) is 14.2 Å². The molecule has 2 aromatic rings. The smallest absolute Gasteiger partial charge is 0.326 e. The number of carboxylic acid groups (broad SMARTS) is 1. The second kappa shape index (κ2) is 12.0. The lowest BCUT2D eigenvalue weighted by molar-refractivity contribution is -0.138. The zero-order chi connectivity index (χ0) is 26.4. The number of amides is 1. The maximum absolute atomic E-state index is 13.3. The van der Waals surface area contributed by atoms with E-state index < -0.39 is 18.1 Å². The summed E-state index contributed by atoms with van der Waals surface area (Å²) in [5, 5.41) is 15.5. The van der Waals surface area contributed by atoms with Crippen molar-refractivity contribution in [2.75, 3.05) is 38.7 Å². The molecule has 2 aromatic carbocycles. The van der Waals surface area contributed by atoms with Crippen molar-refractivity contribution in [3.05, 3.63) is 45.6 Å². The van der Waals surface area contributed by atoms with Crippen molar-refractivity contribution < 1.29 is 28.9 Å². The van der Waals surface area contributed by atoms with Gasteiger partial charge in [-0.25, -0.2) is 4.79 Å². The van der Waals surface area contributed by atoms with E-state index in [2.05, 4.69) is 10.6 Å². The molecular weight excluding hydrogens is 484 g/mol. The monoisotopic (exact) mass is 516 g/mol. The average Bonchev–Trinajstić information content (AvgIpc) is 3.09. The number of hydrogen-bond acceptors (Lipinski definition) is 8. The van der Waals surface area contributed by atoms with Gasteiger partial charge in [-0.05, 0) is 66.2 Å². The van der Waals surface area contributed by atoms with Crippen LogP contribution in [-0.2, 0) is 16.0 Å². The number of carbonyl (C=O) groups is 2. The molecule has 0 unspecified atom stereocenters. The molecule has 0 spiro atoms. The summed E-state index contributed by atoms with van der Waals surface area (Å²) in [5.74, 6) is 0.754. The van der Waals surface area contributed by atoms with Crippen LogP contribution in [0.2, 0.25) is 0 Å². The molecule has 3 N–H and O–H groups in total. The van der Waals surface area contributed by atoms with Crippen molar-refractivity contribution in [2.24, 2.45) is 0 Å². The quantitative estimate of drug-likeness (QED) is 0.435. The van der Waals surface area contributed by atoms with Crippen LogP contribution in [0.1, 0.15) is 36.9 Å². The number of benzene rings is 1. The van der Waals surface area contributed by atoms with Gasteiger partial charge < -0.3 is 30.0 Å². The summed E-state index contributed by atoms with van der Waals surface area (Å²) in [6.45, 7) is 1.43. The van der Waals surface area contributed by atoms with Gasteiger partial charge in [-0.2, -0.15) is 11.8 Å². The second-order valence-electron chi connectivity index (χ2n) is 8.41. The van der Waals surface area contributed by atoms with Crippen molar-refractivity contribution >= 4 is 29.3 Å². The lowest BCUT2D eigenvalue weighted by Gasteiger charge is -2.19. The van der Waals surface area contributed by atoms with Crippen LogP contribution < -0.4 is 30.3 Å². The summed E-state index contributed by atoms with van der Waals surface area (Å²) >= 11 is 1.53. The standard InChI is InChI=1S/C26H32N2O7S/c1-14(29)27-18-8-6-15-12-22(33-2)24(34-3)25(35-4)23(15)16-7-9-19(21(30)13-17(16)18)28-20(26(31)32)10-11-36-5/h7,9,12-13,18,20H,6,8,10-11H2,1-5H3,(H,27,29)(H,28,30)(H,31,32)/t18-,20-/m1/s1. The fourth-order valence-electron chi connectivity index (χ4n) is 4.51. The van der Waals surface area contributed by atoms with Crippen LogP contribution in [0, 0.1) is 0 Å². The predicted molar refractivity (Wildman–Crippen MR) is 141 cm³/mol. The minimum atomic E-state index is -1.03. The number of fused-ring (bicyclic) bond motifs is 3. The molecule has 0 saturated carbocycles. The van der Waals surface area contributed by atoms with Gasteiger partial charge in [-0.15, -0.1) is 0 Å². The minimum absolute atomic E-state index is 0.166. The van der Waals surface area contributed by atoms with E-state index in [0.717, 1.165) is 11.1 Å². The SMILES string of the molecule is COc1cc2c(c(OC)c1OC)-c1ccc(N[C@H](CCSC)C(=O)O)c(=O)cc1[C@H](NC(C)=O)CC2. The summed E-state index contributed by atoms with van der Waals surface area (Å²) in [7, 11) is 4.60. The molecule has 194 valence electrons. The number of ether oxygens (including phenoxy) is 3. The number of anilines is 1. The number of carbonyl (C=O) groups excluding carboxylic acids is 1. The number of aryl methyl sites for hydroxylation is 1. The molecule has 0 aromatic heterocycles. The third-order valence-corrected chi connectivity index (χ3v) is 6.80.